The highest BCUT2D eigenvalue weighted by molar-refractivity contribution is 6.40. The molecule has 0 aliphatic heterocycles. The van der Waals surface area contributed by atoms with Gasteiger partial charge in [0.1, 0.15) is 0 Å². The largest absolute Gasteiger partial charge is 0.411 e. The predicted octanol–water partition coefficient (Wildman–Crippen LogP) is 4.99. The topological polar surface area (TPSA) is 74.6 Å². The first-order valence-electron chi connectivity index (χ1n) is 7.34. The van der Waals surface area contributed by atoms with Gasteiger partial charge in [-0.15, -0.1) is 0 Å². The first-order valence-corrected chi connectivity index (χ1v) is 8.10. The van der Waals surface area contributed by atoms with Crippen molar-refractivity contribution < 1.29 is 10.0 Å². The molecular formula is C18H13Cl2N3O2. The molecule has 2 aromatic carbocycles. The molecule has 1 aromatic heterocycles. The van der Waals surface area contributed by atoms with Crippen molar-refractivity contribution in [3.05, 3.63) is 69.8 Å². The highest BCUT2D eigenvalue weighted by Gasteiger charge is 2.16. The summed E-state index contributed by atoms with van der Waals surface area (Å²) in [6.45, 7) is 1.67. The fraction of sp³-hybridized carbons (Fsp3) is 0.0556. The molecule has 0 saturated heterocycles. The van der Waals surface area contributed by atoms with Gasteiger partial charge in [0, 0.05) is 17.1 Å². The molecule has 0 spiro atoms. The number of fused-ring (bicyclic) bond motifs is 1. The van der Waals surface area contributed by atoms with E-state index in [1.807, 2.05) is 12.1 Å². The highest BCUT2D eigenvalue weighted by atomic mass is 35.5. The van der Waals surface area contributed by atoms with Gasteiger partial charge in [0.25, 0.3) is 5.91 Å². The van der Waals surface area contributed by atoms with Gasteiger partial charge in [-0.1, -0.05) is 46.6 Å². The molecule has 0 atom stereocenters. The number of carbonyl (C=O) groups is 1. The van der Waals surface area contributed by atoms with E-state index >= 15 is 0 Å². The first kappa shape index (κ1) is 17.2. The van der Waals surface area contributed by atoms with Gasteiger partial charge in [0.2, 0.25) is 0 Å². The SMILES string of the molecule is C/C(=N\O)c1cnc2c(NC(=O)c3c(Cl)cccc3Cl)cccc2c1. The van der Waals surface area contributed by atoms with Crippen molar-refractivity contribution in [2.24, 2.45) is 5.16 Å². The van der Waals surface area contributed by atoms with Crippen molar-refractivity contribution in [2.45, 2.75) is 6.92 Å². The van der Waals surface area contributed by atoms with E-state index in [2.05, 4.69) is 15.5 Å². The molecule has 0 bridgehead atoms. The van der Waals surface area contributed by atoms with E-state index in [1.165, 1.54) is 0 Å². The summed E-state index contributed by atoms with van der Waals surface area (Å²) in [5.41, 5.74) is 2.49. The maximum Gasteiger partial charge on any atom is 0.258 e. The summed E-state index contributed by atoms with van der Waals surface area (Å²) >= 11 is 12.2. The lowest BCUT2D eigenvalue weighted by atomic mass is 10.1. The lowest BCUT2D eigenvalue weighted by Gasteiger charge is -2.11. The second-order valence-electron chi connectivity index (χ2n) is 5.34. The van der Waals surface area contributed by atoms with Gasteiger partial charge in [-0.2, -0.15) is 0 Å². The third-order valence-electron chi connectivity index (χ3n) is 3.72. The smallest absolute Gasteiger partial charge is 0.258 e. The molecule has 126 valence electrons. The zero-order valence-electron chi connectivity index (χ0n) is 13.1. The minimum atomic E-state index is -0.415. The van der Waals surface area contributed by atoms with Crippen molar-refractivity contribution in [3.63, 3.8) is 0 Å². The van der Waals surface area contributed by atoms with Crippen molar-refractivity contribution in [1.29, 1.82) is 0 Å². The van der Waals surface area contributed by atoms with Gasteiger partial charge in [-0.05, 0) is 31.2 Å². The molecule has 25 heavy (non-hydrogen) atoms. The van der Waals surface area contributed by atoms with Crippen LogP contribution >= 0.6 is 23.2 Å². The average molecular weight is 374 g/mol. The number of aromatic nitrogens is 1. The van der Waals surface area contributed by atoms with E-state index in [-0.39, 0.29) is 15.6 Å². The molecule has 2 N–H and O–H groups in total. The third-order valence-corrected chi connectivity index (χ3v) is 4.35. The van der Waals surface area contributed by atoms with Crippen LogP contribution < -0.4 is 5.32 Å². The van der Waals surface area contributed by atoms with Crippen LogP contribution in [0, 0.1) is 0 Å². The zero-order valence-corrected chi connectivity index (χ0v) is 14.6. The third kappa shape index (κ3) is 3.43. The Bertz CT molecular complexity index is 983. The minimum absolute atomic E-state index is 0.211. The van der Waals surface area contributed by atoms with Crippen molar-refractivity contribution in [2.75, 3.05) is 5.32 Å². The van der Waals surface area contributed by atoms with Crippen LogP contribution in [0.25, 0.3) is 10.9 Å². The molecule has 3 aromatic rings. The Morgan fingerprint density at radius 2 is 1.84 bits per heavy atom. The number of para-hydroxylation sites is 1. The van der Waals surface area contributed by atoms with E-state index in [0.717, 1.165) is 5.39 Å². The van der Waals surface area contributed by atoms with Crippen LogP contribution in [0.4, 0.5) is 5.69 Å². The second kappa shape index (κ2) is 7.09. The second-order valence-corrected chi connectivity index (χ2v) is 6.15. The molecular weight excluding hydrogens is 361 g/mol. The summed E-state index contributed by atoms with van der Waals surface area (Å²) in [7, 11) is 0. The Labute approximate surface area is 153 Å². The van der Waals surface area contributed by atoms with E-state index in [4.69, 9.17) is 28.4 Å². The fourth-order valence-electron chi connectivity index (χ4n) is 2.42. The Kier molecular flexibility index (Phi) is 4.88. The van der Waals surface area contributed by atoms with Gasteiger partial charge >= 0.3 is 0 Å². The number of hydrogen-bond acceptors (Lipinski definition) is 4. The van der Waals surface area contributed by atoms with Crippen molar-refractivity contribution in [1.82, 2.24) is 4.98 Å². The van der Waals surface area contributed by atoms with Crippen LogP contribution in [0.15, 0.2) is 53.8 Å². The van der Waals surface area contributed by atoms with Gasteiger partial charge in [0.15, 0.2) is 0 Å². The summed E-state index contributed by atoms with van der Waals surface area (Å²) < 4.78 is 0. The van der Waals surface area contributed by atoms with Crippen molar-refractivity contribution >= 4 is 51.4 Å². The molecule has 1 heterocycles. The molecule has 0 fully saturated rings. The van der Waals surface area contributed by atoms with E-state index in [1.54, 1.807) is 43.5 Å². The van der Waals surface area contributed by atoms with Crippen LogP contribution in [-0.2, 0) is 0 Å². The summed E-state index contributed by atoms with van der Waals surface area (Å²) in [6, 6.07) is 12.1. The zero-order chi connectivity index (χ0) is 18.0. The fourth-order valence-corrected chi connectivity index (χ4v) is 2.99. The normalized spacial score (nSPS) is 11.6. The standard InChI is InChI=1S/C18H13Cl2N3O2/c1-10(23-25)12-8-11-4-2-7-15(17(11)21-9-12)22-18(24)16-13(19)5-3-6-14(16)20/h2-9,25H,1H3,(H,22,24)/b23-10+. The highest BCUT2D eigenvalue weighted by Crippen LogP contribution is 2.27. The van der Waals surface area contributed by atoms with Crippen LogP contribution in [0.1, 0.15) is 22.8 Å². The Hall–Kier alpha value is -2.63. The molecule has 5 nitrogen and oxygen atoms in total. The predicted molar refractivity (Wildman–Crippen MR) is 100 cm³/mol. The molecule has 3 rings (SSSR count). The average Bonchev–Trinajstić information content (AvgIpc) is 2.60. The maximum atomic E-state index is 12.6. The molecule has 1 amide bonds. The Balaban J connectivity index is 2.01. The molecule has 7 heteroatoms. The quantitative estimate of drug-likeness (QED) is 0.385. The van der Waals surface area contributed by atoms with Gasteiger partial charge < -0.3 is 10.5 Å². The molecule has 0 aliphatic carbocycles. The molecule has 0 aliphatic rings. The number of anilines is 1. The summed E-state index contributed by atoms with van der Waals surface area (Å²) in [6.07, 6.45) is 1.58. The number of nitrogens with zero attached hydrogens (tertiary/aromatic N) is 2. The first-order chi connectivity index (χ1) is 12.0. The summed E-state index contributed by atoms with van der Waals surface area (Å²) in [4.78, 5) is 16.9. The van der Waals surface area contributed by atoms with Gasteiger partial charge in [-0.25, -0.2) is 0 Å². The monoisotopic (exact) mass is 373 g/mol. The number of rotatable bonds is 3. The van der Waals surface area contributed by atoms with Crippen LogP contribution in [0.5, 0.6) is 0 Å². The number of hydrogen-bond donors (Lipinski definition) is 2. The Morgan fingerprint density at radius 1 is 1.16 bits per heavy atom. The van der Waals surface area contributed by atoms with Gasteiger partial charge in [0.05, 0.1) is 32.5 Å². The number of pyridine rings is 1. The summed E-state index contributed by atoms with van der Waals surface area (Å²) in [5.74, 6) is -0.415. The lowest BCUT2D eigenvalue weighted by Crippen LogP contribution is -2.13. The van der Waals surface area contributed by atoms with E-state index in [0.29, 0.717) is 22.5 Å². The molecule has 0 unspecified atom stereocenters. The maximum absolute atomic E-state index is 12.6. The summed E-state index contributed by atoms with van der Waals surface area (Å²) in [5, 5.41) is 16.2. The number of nitrogens with one attached hydrogen (secondary N) is 1. The van der Waals surface area contributed by atoms with Crippen LogP contribution in [0.2, 0.25) is 10.0 Å². The van der Waals surface area contributed by atoms with E-state index in [9.17, 15) is 4.79 Å². The number of oxime groups is 1. The van der Waals surface area contributed by atoms with Gasteiger partial charge in [-0.3, -0.25) is 9.78 Å². The molecule has 0 radical (unpaired) electrons. The Morgan fingerprint density at radius 3 is 2.52 bits per heavy atom. The van der Waals surface area contributed by atoms with E-state index < -0.39 is 5.91 Å². The number of amides is 1. The van der Waals surface area contributed by atoms with Crippen LogP contribution in [-0.4, -0.2) is 21.8 Å². The molecule has 0 saturated carbocycles. The number of carbonyl (C=O) groups excluding carboxylic acids is 1. The van der Waals surface area contributed by atoms with Crippen molar-refractivity contribution in [3.8, 4) is 0 Å². The number of benzene rings is 2. The minimum Gasteiger partial charge on any atom is -0.411 e. The van der Waals surface area contributed by atoms with Crippen LogP contribution in [0.3, 0.4) is 0 Å². The number of halogens is 2. The lowest BCUT2D eigenvalue weighted by molar-refractivity contribution is 0.102.